The first kappa shape index (κ1) is 21.9. The van der Waals surface area contributed by atoms with Crippen LogP contribution in [0.4, 0.5) is 11.8 Å². The van der Waals surface area contributed by atoms with Gasteiger partial charge < -0.3 is 10.6 Å². The predicted molar refractivity (Wildman–Crippen MR) is 137 cm³/mol. The number of para-hydroxylation sites is 1. The van der Waals surface area contributed by atoms with E-state index in [2.05, 4.69) is 33.9 Å². The van der Waals surface area contributed by atoms with Crippen LogP contribution in [0.2, 0.25) is 0 Å². The number of rotatable bonds is 4. The molecule has 1 amide bonds. The third-order valence-corrected chi connectivity index (χ3v) is 6.42. The number of piperidine rings is 1. The molecule has 2 N–H and O–H groups in total. The second-order valence-corrected chi connectivity index (χ2v) is 8.67. The lowest BCUT2D eigenvalue weighted by Gasteiger charge is -2.32. The molecule has 2 aromatic heterocycles. The fourth-order valence-electron chi connectivity index (χ4n) is 4.70. The summed E-state index contributed by atoms with van der Waals surface area (Å²) < 4.78 is 1.90. The van der Waals surface area contributed by atoms with Crippen molar-refractivity contribution in [2.45, 2.75) is 32.4 Å². The van der Waals surface area contributed by atoms with Gasteiger partial charge in [0.25, 0.3) is 5.91 Å². The number of carbonyl (C=O) groups is 1. The van der Waals surface area contributed by atoms with E-state index in [0.717, 1.165) is 53.6 Å². The van der Waals surface area contributed by atoms with E-state index < -0.39 is 0 Å². The summed E-state index contributed by atoms with van der Waals surface area (Å²) >= 11 is 0. The largest absolute Gasteiger partial charge is 0.341 e. The molecule has 1 atom stereocenters. The van der Waals surface area contributed by atoms with Gasteiger partial charge in [0.1, 0.15) is 11.5 Å². The van der Waals surface area contributed by atoms with Gasteiger partial charge in [-0.05, 0) is 31.2 Å². The first-order valence-electron chi connectivity index (χ1n) is 11.6. The Kier molecular flexibility index (Phi) is 5.91. The number of amides is 1. The number of nitrogens with two attached hydrogens (primary N) is 1. The van der Waals surface area contributed by atoms with Gasteiger partial charge in [-0.3, -0.25) is 14.3 Å². The van der Waals surface area contributed by atoms with Crippen LogP contribution in [0, 0.1) is 11.8 Å². The molecule has 34 heavy (non-hydrogen) atoms. The van der Waals surface area contributed by atoms with E-state index in [1.165, 1.54) is 0 Å². The van der Waals surface area contributed by atoms with E-state index >= 15 is 0 Å². The van der Waals surface area contributed by atoms with Crippen LogP contribution < -0.4 is 15.5 Å². The van der Waals surface area contributed by atoms with Crippen LogP contribution in [0.25, 0.3) is 21.7 Å². The number of imidazole rings is 1. The molecule has 0 bridgehead atoms. The minimum atomic E-state index is -0.175. The van der Waals surface area contributed by atoms with E-state index in [9.17, 15) is 4.79 Å². The monoisotopic (exact) mass is 452 g/mol. The molecule has 1 aliphatic rings. The summed E-state index contributed by atoms with van der Waals surface area (Å²) in [6.45, 7) is 3.77. The smallest absolute Gasteiger partial charge is 0.277 e. The van der Waals surface area contributed by atoms with Crippen LogP contribution in [0.5, 0.6) is 0 Å². The van der Waals surface area contributed by atoms with E-state index in [-0.39, 0.29) is 11.9 Å². The fraction of sp³-hybridized carbons (Fsp3) is 0.296. The Morgan fingerprint density at radius 1 is 1.15 bits per heavy atom. The number of nitrogens with zero attached hydrogens (tertiary/aromatic N) is 5. The summed E-state index contributed by atoms with van der Waals surface area (Å²) in [5, 5.41) is 3.06. The van der Waals surface area contributed by atoms with Gasteiger partial charge in [0, 0.05) is 37.0 Å². The van der Waals surface area contributed by atoms with Crippen LogP contribution in [0.3, 0.4) is 0 Å². The van der Waals surface area contributed by atoms with Gasteiger partial charge in [0.05, 0.1) is 18.3 Å². The molecule has 7 heteroatoms. The second kappa shape index (κ2) is 9.16. The zero-order valence-corrected chi connectivity index (χ0v) is 19.5. The molecular formula is C27H28N6O. The van der Waals surface area contributed by atoms with E-state index in [1.807, 2.05) is 41.0 Å². The molecule has 1 aliphatic heterocycles. The van der Waals surface area contributed by atoms with Gasteiger partial charge in [-0.15, -0.1) is 5.92 Å². The van der Waals surface area contributed by atoms with Crippen LogP contribution >= 0.6 is 0 Å². The molecule has 0 aliphatic carbocycles. The first-order valence-corrected chi connectivity index (χ1v) is 11.6. The molecule has 2 aromatic carbocycles. The topological polar surface area (TPSA) is 80.3 Å². The zero-order chi connectivity index (χ0) is 23.7. The van der Waals surface area contributed by atoms with Crippen LogP contribution in [0.15, 0.2) is 54.7 Å². The average molecular weight is 453 g/mol. The van der Waals surface area contributed by atoms with Crippen molar-refractivity contribution in [3.63, 3.8) is 0 Å². The van der Waals surface area contributed by atoms with Crippen molar-refractivity contribution in [2.75, 3.05) is 29.9 Å². The van der Waals surface area contributed by atoms with Gasteiger partial charge in [0.2, 0.25) is 5.95 Å². The van der Waals surface area contributed by atoms with E-state index in [0.29, 0.717) is 18.1 Å². The summed E-state index contributed by atoms with van der Waals surface area (Å²) in [4.78, 5) is 27.1. The molecule has 3 heterocycles. The quantitative estimate of drug-likeness (QED) is 0.376. The molecule has 5 rings (SSSR count). The van der Waals surface area contributed by atoms with Gasteiger partial charge in [-0.1, -0.05) is 48.4 Å². The minimum Gasteiger partial charge on any atom is -0.341 e. The van der Waals surface area contributed by atoms with Crippen molar-refractivity contribution in [1.82, 2.24) is 14.5 Å². The number of benzene rings is 2. The van der Waals surface area contributed by atoms with Crippen molar-refractivity contribution in [1.29, 1.82) is 0 Å². The average Bonchev–Trinajstić information content (AvgIpc) is 3.30. The highest BCUT2D eigenvalue weighted by atomic mass is 16.2. The third-order valence-electron chi connectivity index (χ3n) is 6.42. The maximum absolute atomic E-state index is 13.8. The molecule has 1 saturated heterocycles. The Morgan fingerprint density at radius 3 is 2.65 bits per heavy atom. The Morgan fingerprint density at radius 2 is 1.88 bits per heavy atom. The molecule has 4 aromatic rings. The van der Waals surface area contributed by atoms with Crippen LogP contribution in [-0.4, -0.2) is 46.6 Å². The number of aromatic nitrogens is 3. The highest BCUT2D eigenvalue weighted by Crippen LogP contribution is 2.32. The molecule has 0 saturated carbocycles. The van der Waals surface area contributed by atoms with Crippen molar-refractivity contribution < 1.29 is 4.79 Å². The van der Waals surface area contributed by atoms with Crippen LogP contribution in [0.1, 0.15) is 30.3 Å². The molecular weight excluding hydrogens is 424 g/mol. The normalized spacial score (nSPS) is 15.9. The number of carbonyl (C=O) groups excluding carboxylic acids is 1. The zero-order valence-electron chi connectivity index (χ0n) is 19.5. The fourth-order valence-corrected chi connectivity index (χ4v) is 4.70. The maximum atomic E-state index is 13.8. The number of hydrogen-bond donors (Lipinski definition) is 1. The minimum absolute atomic E-state index is 0.103. The predicted octanol–water partition coefficient (Wildman–Crippen LogP) is 3.81. The SMILES string of the molecule is CC#CCn1c(C(=O)N(C)c2nc3ccccc3c3ccccc23)cnc1N1CCCC(N)C1. The number of hydrogen-bond acceptors (Lipinski definition) is 5. The lowest BCUT2D eigenvalue weighted by atomic mass is 10.1. The summed E-state index contributed by atoms with van der Waals surface area (Å²) in [7, 11) is 1.77. The molecule has 0 spiro atoms. The molecule has 7 nitrogen and oxygen atoms in total. The van der Waals surface area contributed by atoms with Gasteiger partial charge in [0.15, 0.2) is 0 Å². The Labute approximate surface area is 199 Å². The van der Waals surface area contributed by atoms with Crippen LogP contribution in [-0.2, 0) is 6.54 Å². The highest BCUT2D eigenvalue weighted by molar-refractivity contribution is 6.15. The third kappa shape index (κ3) is 3.87. The standard InChI is InChI=1S/C27H28N6O/c1-3-4-16-33-24(17-29-27(33)32-15-9-10-19(28)18-32)26(34)31(2)25-22-13-6-5-11-20(22)21-12-7-8-14-23(21)30-25/h5-8,11-14,17,19H,9-10,15-16,18,28H2,1-2H3. The van der Waals surface area contributed by atoms with E-state index in [4.69, 9.17) is 10.7 Å². The summed E-state index contributed by atoms with van der Waals surface area (Å²) in [6, 6.07) is 16.2. The lowest BCUT2D eigenvalue weighted by Crippen LogP contribution is -2.44. The Balaban J connectivity index is 1.58. The van der Waals surface area contributed by atoms with E-state index in [1.54, 1.807) is 25.1 Å². The first-order chi connectivity index (χ1) is 16.6. The van der Waals surface area contributed by atoms with Gasteiger partial charge in [-0.2, -0.15) is 0 Å². The lowest BCUT2D eigenvalue weighted by molar-refractivity contribution is 0.0984. The van der Waals surface area contributed by atoms with Gasteiger partial charge >= 0.3 is 0 Å². The van der Waals surface area contributed by atoms with Gasteiger partial charge in [-0.25, -0.2) is 9.97 Å². The molecule has 1 unspecified atom stereocenters. The molecule has 172 valence electrons. The van der Waals surface area contributed by atoms with Crippen molar-refractivity contribution in [3.05, 3.63) is 60.4 Å². The second-order valence-electron chi connectivity index (χ2n) is 8.67. The summed E-state index contributed by atoms with van der Waals surface area (Å²) in [5.41, 5.74) is 7.55. The number of fused-ring (bicyclic) bond motifs is 3. The number of anilines is 2. The highest BCUT2D eigenvalue weighted by Gasteiger charge is 2.27. The summed E-state index contributed by atoms with van der Waals surface area (Å²) in [6.07, 6.45) is 3.65. The van der Waals surface area contributed by atoms with Crippen molar-refractivity contribution in [3.8, 4) is 11.8 Å². The number of pyridine rings is 1. The van der Waals surface area contributed by atoms with Crippen molar-refractivity contribution in [2.24, 2.45) is 5.73 Å². The Bertz CT molecular complexity index is 1430. The van der Waals surface area contributed by atoms with Crippen molar-refractivity contribution >= 4 is 39.3 Å². The molecule has 0 radical (unpaired) electrons. The maximum Gasteiger partial charge on any atom is 0.277 e. The summed E-state index contributed by atoms with van der Waals surface area (Å²) in [5.74, 6) is 7.22. The Hall–Kier alpha value is -3.89. The molecule has 1 fully saturated rings.